The molecule has 1 aromatic rings. The highest BCUT2D eigenvalue weighted by molar-refractivity contribution is 8.00. The van der Waals surface area contributed by atoms with Crippen LogP contribution in [0.1, 0.15) is 26.6 Å². The van der Waals surface area contributed by atoms with Gasteiger partial charge in [0.25, 0.3) is 0 Å². The van der Waals surface area contributed by atoms with Crippen molar-refractivity contribution in [2.45, 2.75) is 37.7 Å². The van der Waals surface area contributed by atoms with Gasteiger partial charge in [-0.05, 0) is 0 Å². The van der Waals surface area contributed by atoms with Crippen molar-refractivity contribution in [3.63, 3.8) is 0 Å². The first-order valence-electron chi connectivity index (χ1n) is 6.58. The summed E-state index contributed by atoms with van der Waals surface area (Å²) in [5, 5.41) is 4.44. The summed E-state index contributed by atoms with van der Waals surface area (Å²) in [4.78, 5) is 11.5. The topological polar surface area (TPSA) is 41.1 Å². The Kier molecular flexibility index (Phi) is 4.32. The van der Waals surface area contributed by atoms with Gasteiger partial charge in [0.15, 0.2) is 0 Å². The van der Waals surface area contributed by atoms with E-state index in [0.29, 0.717) is 10.5 Å². The number of nitrogens with zero attached hydrogens (tertiary/aromatic N) is 3. The Morgan fingerprint density at radius 2 is 2.00 bits per heavy atom. The van der Waals surface area contributed by atoms with Crippen LogP contribution in [0.3, 0.4) is 0 Å². The average Bonchev–Trinajstić information content (AvgIpc) is 2.37. The van der Waals surface area contributed by atoms with Gasteiger partial charge in [-0.2, -0.15) is 11.8 Å². The van der Waals surface area contributed by atoms with Gasteiger partial charge in [-0.15, -0.1) is 0 Å². The van der Waals surface area contributed by atoms with Gasteiger partial charge in [-0.1, -0.05) is 20.8 Å². The van der Waals surface area contributed by atoms with Crippen molar-refractivity contribution in [1.82, 2.24) is 9.97 Å². The Balaban J connectivity index is 2.25. The van der Waals surface area contributed by atoms with Crippen LogP contribution in [0.4, 0.5) is 11.6 Å². The molecule has 2 atom stereocenters. The monoisotopic (exact) mass is 266 g/mol. The molecule has 0 bridgehead atoms. The number of aromatic nitrogens is 2. The van der Waals surface area contributed by atoms with Crippen molar-refractivity contribution in [2.75, 3.05) is 30.4 Å². The van der Waals surface area contributed by atoms with E-state index in [1.54, 1.807) is 0 Å². The van der Waals surface area contributed by atoms with Gasteiger partial charge in [-0.3, -0.25) is 0 Å². The Morgan fingerprint density at radius 3 is 2.56 bits per heavy atom. The molecule has 2 rings (SSSR count). The Morgan fingerprint density at radius 1 is 1.33 bits per heavy atom. The molecule has 0 spiro atoms. The third-order valence-corrected chi connectivity index (χ3v) is 4.30. The van der Waals surface area contributed by atoms with E-state index < -0.39 is 0 Å². The second-order valence-corrected chi connectivity index (χ2v) is 6.68. The van der Waals surface area contributed by atoms with Gasteiger partial charge in [0, 0.05) is 43.1 Å². The van der Waals surface area contributed by atoms with Crippen LogP contribution in [0, 0.1) is 0 Å². The summed E-state index contributed by atoms with van der Waals surface area (Å²) in [6.45, 7) is 8.80. The van der Waals surface area contributed by atoms with Crippen LogP contribution in [0.15, 0.2) is 6.07 Å². The lowest BCUT2D eigenvalue weighted by Crippen LogP contribution is -2.41. The van der Waals surface area contributed by atoms with E-state index >= 15 is 0 Å². The summed E-state index contributed by atoms with van der Waals surface area (Å²) in [7, 11) is 1.91. The third kappa shape index (κ3) is 3.07. The van der Waals surface area contributed by atoms with Gasteiger partial charge in [0.2, 0.25) is 0 Å². The summed E-state index contributed by atoms with van der Waals surface area (Å²) in [6.07, 6.45) is 0.871. The first-order valence-corrected chi connectivity index (χ1v) is 7.52. The summed E-state index contributed by atoms with van der Waals surface area (Å²) in [6, 6.07) is 2.05. The van der Waals surface area contributed by atoms with E-state index in [-0.39, 0.29) is 0 Å². The molecular weight excluding hydrogens is 244 g/mol. The van der Waals surface area contributed by atoms with Crippen molar-refractivity contribution >= 4 is 23.4 Å². The largest absolute Gasteiger partial charge is 0.373 e. The average molecular weight is 266 g/mol. The van der Waals surface area contributed by atoms with Crippen LogP contribution < -0.4 is 10.2 Å². The minimum Gasteiger partial charge on any atom is -0.373 e. The van der Waals surface area contributed by atoms with Crippen molar-refractivity contribution in [3.8, 4) is 0 Å². The normalized spacial score (nSPS) is 24.1. The number of hydrogen-bond donors (Lipinski definition) is 1. The van der Waals surface area contributed by atoms with Crippen LogP contribution in [0.2, 0.25) is 0 Å². The number of thioether (sulfide) groups is 1. The third-order valence-electron chi connectivity index (χ3n) is 3.07. The summed E-state index contributed by atoms with van der Waals surface area (Å²) in [5.41, 5.74) is 0. The molecule has 0 radical (unpaired) electrons. The first kappa shape index (κ1) is 13.5. The fraction of sp³-hybridized carbons (Fsp3) is 0.692. The van der Waals surface area contributed by atoms with E-state index in [1.165, 1.54) is 0 Å². The molecule has 0 amide bonds. The number of aryl methyl sites for hydroxylation is 1. The maximum Gasteiger partial charge on any atom is 0.134 e. The molecule has 1 fully saturated rings. The second kappa shape index (κ2) is 5.78. The molecule has 2 unspecified atom stereocenters. The minimum absolute atomic E-state index is 0.659. The van der Waals surface area contributed by atoms with E-state index in [0.717, 1.165) is 37.0 Å². The maximum atomic E-state index is 4.66. The Labute approximate surface area is 114 Å². The highest BCUT2D eigenvalue weighted by atomic mass is 32.2. The van der Waals surface area contributed by atoms with Crippen molar-refractivity contribution < 1.29 is 0 Å². The van der Waals surface area contributed by atoms with Crippen molar-refractivity contribution in [2.24, 2.45) is 0 Å². The predicted molar refractivity (Wildman–Crippen MR) is 79.7 cm³/mol. The Hall–Kier alpha value is -0.970. The fourth-order valence-corrected chi connectivity index (χ4v) is 3.62. The maximum absolute atomic E-state index is 4.66. The lowest BCUT2D eigenvalue weighted by atomic mass is 10.3. The second-order valence-electron chi connectivity index (χ2n) is 4.79. The lowest BCUT2D eigenvalue weighted by molar-refractivity contribution is 0.713. The highest BCUT2D eigenvalue weighted by Crippen LogP contribution is 2.28. The van der Waals surface area contributed by atoms with Crippen LogP contribution in [-0.2, 0) is 6.42 Å². The summed E-state index contributed by atoms with van der Waals surface area (Å²) >= 11 is 2.06. The zero-order chi connectivity index (χ0) is 13.1. The molecule has 1 aliphatic rings. The molecule has 18 heavy (non-hydrogen) atoms. The molecule has 5 heteroatoms. The molecule has 1 aliphatic heterocycles. The first-order chi connectivity index (χ1) is 8.62. The molecule has 2 heterocycles. The minimum atomic E-state index is 0.659. The summed E-state index contributed by atoms with van der Waals surface area (Å²) < 4.78 is 0. The van der Waals surface area contributed by atoms with Crippen molar-refractivity contribution in [1.29, 1.82) is 0 Å². The lowest BCUT2D eigenvalue weighted by Gasteiger charge is -2.35. The molecule has 1 saturated heterocycles. The van der Waals surface area contributed by atoms with Gasteiger partial charge in [0.05, 0.1) is 0 Å². The number of rotatable bonds is 3. The van der Waals surface area contributed by atoms with E-state index in [1.807, 2.05) is 7.05 Å². The zero-order valence-electron chi connectivity index (χ0n) is 11.6. The molecule has 0 aliphatic carbocycles. The standard InChI is InChI=1S/C13H22N4S/c1-5-11-15-12(14-4)6-13(16-11)17-7-9(2)18-10(3)8-17/h6,9-10H,5,7-8H2,1-4H3,(H,14,15,16). The SMILES string of the molecule is CCc1nc(NC)cc(N2CC(C)SC(C)C2)n1. The quantitative estimate of drug-likeness (QED) is 0.910. The van der Waals surface area contributed by atoms with E-state index in [4.69, 9.17) is 0 Å². The fourth-order valence-electron chi connectivity index (χ4n) is 2.30. The molecule has 100 valence electrons. The van der Waals surface area contributed by atoms with Crippen molar-refractivity contribution in [3.05, 3.63) is 11.9 Å². The molecule has 0 aromatic carbocycles. The van der Waals surface area contributed by atoms with Gasteiger partial charge >= 0.3 is 0 Å². The molecular formula is C13H22N4S. The van der Waals surface area contributed by atoms with Crippen LogP contribution >= 0.6 is 11.8 Å². The van der Waals surface area contributed by atoms with Gasteiger partial charge in [-0.25, -0.2) is 9.97 Å². The molecule has 1 N–H and O–H groups in total. The molecule has 0 saturated carbocycles. The number of anilines is 2. The highest BCUT2D eigenvalue weighted by Gasteiger charge is 2.23. The number of nitrogens with one attached hydrogen (secondary N) is 1. The van der Waals surface area contributed by atoms with E-state index in [2.05, 4.69) is 58.8 Å². The van der Waals surface area contributed by atoms with E-state index in [9.17, 15) is 0 Å². The zero-order valence-corrected chi connectivity index (χ0v) is 12.4. The molecule has 4 nitrogen and oxygen atoms in total. The predicted octanol–water partition coefficient (Wildman–Crippen LogP) is 2.41. The smallest absolute Gasteiger partial charge is 0.134 e. The molecule has 1 aromatic heterocycles. The van der Waals surface area contributed by atoms with Crippen LogP contribution in [0.25, 0.3) is 0 Å². The van der Waals surface area contributed by atoms with Gasteiger partial charge < -0.3 is 10.2 Å². The van der Waals surface area contributed by atoms with Crippen LogP contribution in [-0.4, -0.2) is 40.6 Å². The summed E-state index contributed by atoms with van der Waals surface area (Å²) in [5.74, 6) is 2.89. The number of hydrogen-bond acceptors (Lipinski definition) is 5. The van der Waals surface area contributed by atoms with Gasteiger partial charge in [0.1, 0.15) is 17.5 Å². The Bertz CT molecular complexity index is 378. The van der Waals surface area contributed by atoms with Crippen LogP contribution in [0.5, 0.6) is 0 Å².